The number of aromatic nitrogens is 2. The summed E-state index contributed by atoms with van der Waals surface area (Å²) in [5.41, 5.74) is 1.10. The van der Waals surface area contributed by atoms with Crippen LogP contribution in [0.3, 0.4) is 0 Å². The predicted molar refractivity (Wildman–Crippen MR) is 124 cm³/mol. The number of esters is 1. The van der Waals surface area contributed by atoms with Gasteiger partial charge in [0.15, 0.2) is 6.10 Å². The summed E-state index contributed by atoms with van der Waals surface area (Å²) in [5.74, 6) is 0.641. The van der Waals surface area contributed by atoms with Crippen LogP contribution in [0.2, 0.25) is 0 Å². The molecule has 0 aliphatic carbocycles. The minimum absolute atomic E-state index is 0.00186. The maximum absolute atomic E-state index is 13.1. The highest BCUT2D eigenvalue weighted by Crippen LogP contribution is 2.19. The minimum Gasteiger partial charge on any atom is -0.479 e. The van der Waals surface area contributed by atoms with Gasteiger partial charge in [0.25, 0.3) is 5.56 Å². The Balaban J connectivity index is 1.94. The lowest BCUT2D eigenvalue weighted by Crippen LogP contribution is -2.26. The summed E-state index contributed by atoms with van der Waals surface area (Å²) < 4.78 is 12.7. The molecule has 0 saturated carbocycles. The quantitative estimate of drug-likeness (QED) is 0.363. The van der Waals surface area contributed by atoms with Crippen LogP contribution in [-0.2, 0) is 9.53 Å². The van der Waals surface area contributed by atoms with Crippen molar-refractivity contribution in [1.82, 2.24) is 9.66 Å². The molecule has 2 aromatic carbocycles. The van der Waals surface area contributed by atoms with Crippen LogP contribution < -0.4 is 10.3 Å². The number of hydrogen-bond donors (Lipinski definition) is 0. The van der Waals surface area contributed by atoms with E-state index in [0.29, 0.717) is 34.6 Å². The van der Waals surface area contributed by atoms with Crippen LogP contribution in [0.5, 0.6) is 5.75 Å². The predicted octanol–water partition coefficient (Wildman–Crippen LogP) is 4.50. The molecule has 0 amide bonds. The van der Waals surface area contributed by atoms with Gasteiger partial charge in [0.05, 0.1) is 23.7 Å². The Morgan fingerprint density at radius 1 is 1.23 bits per heavy atom. The Bertz CT molecular complexity index is 1190. The van der Waals surface area contributed by atoms with Crippen molar-refractivity contribution in [3.8, 4) is 5.75 Å². The summed E-state index contributed by atoms with van der Waals surface area (Å²) in [4.78, 5) is 29.5. The number of halogens is 1. The Labute approximate surface area is 188 Å². The van der Waals surface area contributed by atoms with Gasteiger partial charge in [-0.05, 0) is 49.7 Å². The van der Waals surface area contributed by atoms with E-state index in [9.17, 15) is 9.59 Å². The molecule has 0 saturated heterocycles. The minimum atomic E-state index is -0.731. The molecular weight excluding hydrogens is 462 g/mol. The SMILES string of the molecule is CCOC(=O)[C@@H](C)Oc1cccc(C=Nn2c(C(C)C)nc3ccc(Br)cc3c2=O)c1. The molecule has 3 rings (SSSR count). The molecule has 1 heterocycles. The largest absolute Gasteiger partial charge is 0.479 e. The van der Waals surface area contributed by atoms with E-state index in [1.165, 1.54) is 4.68 Å². The second-order valence-corrected chi connectivity index (χ2v) is 8.15. The van der Waals surface area contributed by atoms with Crippen LogP contribution in [0, 0.1) is 0 Å². The van der Waals surface area contributed by atoms with Crippen LogP contribution in [0.25, 0.3) is 10.9 Å². The zero-order chi connectivity index (χ0) is 22.5. The molecule has 3 aromatic rings. The number of rotatable bonds is 7. The molecule has 0 unspecified atom stereocenters. The van der Waals surface area contributed by atoms with Crippen molar-refractivity contribution in [3.05, 3.63) is 68.7 Å². The molecular formula is C23H24BrN3O4. The number of fused-ring (bicyclic) bond motifs is 1. The molecule has 162 valence electrons. The van der Waals surface area contributed by atoms with E-state index in [2.05, 4.69) is 26.0 Å². The molecule has 1 atom stereocenters. The zero-order valence-electron chi connectivity index (χ0n) is 17.8. The van der Waals surface area contributed by atoms with Crippen molar-refractivity contribution in [3.63, 3.8) is 0 Å². The van der Waals surface area contributed by atoms with E-state index < -0.39 is 12.1 Å². The molecule has 0 N–H and O–H groups in total. The molecule has 0 aliphatic heterocycles. The van der Waals surface area contributed by atoms with Crippen molar-refractivity contribution in [1.29, 1.82) is 0 Å². The van der Waals surface area contributed by atoms with E-state index in [0.717, 1.165) is 4.47 Å². The summed E-state index contributed by atoms with van der Waals surface area (Å²) in [5, 5.41) is 4.90. The third-order valence-electron chi connectivity index (χ3n) is 4.46. The van der Waals surface area contributed by atoms with Crippen molar-refractivity contribution in [2.45, 2.75) is 39.7 Å². The van der Waals surface area contributed by atoms with Gasteiger partial charge in [-0.1, -0.05) is 41.9 Å². The number of carbonyl (C=O) groups excluding carboxylic acids is 1. The lowest BCUT2D eigenvalue weighted by atomic mass is 10.2. The standard InChI is InChI=1S/C23H24BrN3O4/c1-5-30-23(29)15(4)31-18-8-6-7-16(11-18)13-25-27-21(14(2)3)26-20-10-9-17(24)12-19(20)22(27)28/h6-15H,5H2,1-4H3/t15-/m1/s1. The molecule has 0 radical (unpaired) electrons. The monoisotopic (exact) mass is 485 g/mol. The molecule has 31 heavy (non-hydrogen) atoms. The fraction of sp³-hybridized carbons (Fsp3) is 0.304. The highest BCUT2D eigenvalue weighted by atomic mass is 79.9. The number of hydrogen-bond acceptors (Lipinski definition) is 6. The van der Waals surface area contributed by atoms with Gasteiger partial charge in [0, 0.05) is 10.4 Å². The fourth-order valence-corrected chi connectivity index (χ4v) is 3.32. The van der Waals surface area contributed by atoms with Gasteiger partial charge in [0.1, 0.15) is 11.6 Å². The van der Waals surface area contributed by atoms with Crippen molar-refractivity contribution >= 4 is 39.0 Å². The van der Waals surface area contributed by atoms with Gasteiger partial charge in [-0.3, -0.25) is 4.79 Å². The van der Waals surface area contributed by atoms with Gasteiger partial charge in [0.2, 0.25) is 0 Å². The van der Waals surface area contributed by atoms with Gasteiger partial charge in [-0.15, -0.1) is 0 Å². The topological polar surface area (TPSA) is 82.8 Å². The van der Waals surface area contributed by atoms with Gasteiger partial charge in [-0.2, -0.15) is 9.78 Å². The Morgan fingerprint density at radius 2 is 2.00 bits per heavy atom. The molecule has 0 aliphatic rings. The molecule has 7 nitrogen and oxygen atoms in total. The first-order valence-corrected chi connectivity index (χ1v) is 10.8. The first-order chi connectivity index (χ1) is 14.8. The molecule has 0 spiro atoms. The number of benzene rings is 2. The van der Waals surface area contributed by atoms with Gasteiger partial charge in [-0.25, -0.2) is 9.78 Å². The van der Waals surface area contributed by atoms with E-state index in [1.807, 2.05) is 32.0 Å². The molecule has 8 heteroatoms. The fourth-order valence-electron chi connectivity index (χ4n) is 2.96. The second-order valence-electron chi connectivity index (χ2n) is 7.23. The summed E-state index contributed by atoms with van der Waals surface area (Å²) in [6, 6.07) is 12.5. The Morgan fingerprint density at radius 3 is 2.71 bits per heavy atom. The summed E-state index contributed by atoms with van der Waals surface area (Å²) in [6.45, 7) is 7.59. The first kappa shape index (κ1) is 22.7. The third-order valence-corrected chi connectivity index (χ3v) is 4.95. The smallest absolute Gasteiger partial charge is 0.347 e. The maximum atomic E-state index is 13.1. The van der Waals surface area contributed by atoms with Crippen LogP contribution in [0.1, 0.15) is 45.0 Å². The van der Waals surface area contributed by atoms with E-state index in [1.54, 1.807) is 44.3 Å². The first-order valence-electron chi connectivity index (χ1n) is 10.00. The average molecular weight is 486 g/mol. The lowest BCUT2D eigenvalue weighted by molar-refractivity contribution is -0.150. The van der Waals surface area contributed by atoms with Gasteiger partial charge >= 0.3 is 5.97 Å². The summed E-state index contributed by atoms with van der Waals surface area (Å²) in [7, 11) is 0. The Hall–Kier alpha value is -3.00. The van der Waals surface area contributed by atoms with Crippen LogP contribution >= 0.6 is 15.9 Å². The van der Waals surface area contributed by atoms with E-state index in [4.69, 9.17) is 9.47 Å². The summed E-state index contributed by atoms with van der Waals surface area (Å²) in [6.07, 6.45) is 0.839. The number of carbonyl (C=O) groups is 1. The summed E-state index contributed by atoms with van der Waals surface area (Å²) >= 11 is 3.40. The van der Waals surface area contributed by atoms with E-state index >= 15 is 0 Å². The van der Waals surface area contributed by atoms with Crippen LogP contribution in [-0.4, -0.2) is 34.6 Å². The van der Waals surface area contributed by atoms with Crippen LogP contribution in [0.4, 0.5) is 0 Å². The van der Waals surface area contributed by atoms with Crippen molar-refractivity contribution in [2.75, 3.05) is 6.61 Å². The van der Waals surface area contributed by atoms with Gasteiger partial charge < -0.3 is 9.47 Å². The second kappa shape index (κ2) is 9.87. The molecule has 0 bridgehead atoms. The third kappa shape index (κ3) is 5.38. The van der Waals surface area contributed by atoms with Crippen molar-refractivity contribution < 1.29 is 14.3 Å². The average Bonchev–Trinajstić information content (AvgIpc) is 2.73. The lowest BCUT2D eigenvalue weighted by Gasteiger charge is -2.14. The normalized spacial score (nSPS) is 12.5. The zero-order valence-corrected chi connectivity index (χ0v) is 19.4. The Kier molecular flexibility index (Phi) is 7.22. The maximum Gasteiger partial charge on any atom is 0.347 e. The molecule has 0 fully saturated rings. The van der Waals surface area contributed by atoms with Crippen molar-refractivity contribution in [2.24, 2.45) is 5.10 Å². The van der Waals surface area contributed by atoms with Crippen LogP contribution in [0.15, 0.2) is 56.8 Å². The van der Waals surface area contributed by atoms with E-state index in [-0.39, 0.29) is 11.5 Å². The number of ether oxygens (including phenoxy) is 2. The highest BCUT2D eigenvalue weighted by molar-refractivity contribution is 9.10. The molecule has 1 aromatic heterocycles. The number of nitrogens with zero attached hydrogens (tertiary/aromatic N) is 3. The highest BCUT2D eigenvalue weighted by Gasteiger charge is 2.16.